The number of nitrogens with one attached hydrogen (secondary N) is 3. The molecule has 1 unspecified atom stereocenters. The van der Waals surface area contributed by atoms with Crippen molar-refractivity contribution in [2.75, 3.05) is 29.6 Å². The molecule has 3 rings (SSSR count). The number of rotatable bonds is 6. The van der Waals surface area contributed by atoms with E-state index in [1.54, 1.807) is 12.1 Å². The van der Waals surface area contributed by atoms with E-state index in [-0.39, 0.29) is 18.0 Å². The van der Waals surface area contributed by atoms with Crippen molar-refractivity contribution in [1.29, 1.82) is 0 Å². The maximum Gasteiger partial charge on any atom is 0.323 e. The van der Waals surface area contributed by atoms with Crippen LogP contribution in [0.25, 0.3) is 0 Å². The first-order valence-corrected chi connectivity index (χ1v) is 10.2. The minimum absolute atomic E-state index is 0.148. The lowest BCUT2D eigenvalue weighted by Gasteiger charge is -2.20. The van der Waals surface area contributed by atoms with Crippen LogP contribution in [0.5, 0.6) is 0 Å². The van der Waals surface area contributed by atoms with E-state index in [1.807, 2.05) is 93.5 Å². The molecule has 0 saturated heterocycles. The maximum atomic E-state index is 13.1. The van der Waals surface area contributed by atoms with Gasteiger partial charge in [-0.2, -0.15) is 0 Å². The monoisotopic (exact) mass is 416 g/mol. The summed E-state index contributed by atoms with van der Waals surface area (Å²) in [5.74, 6) is -0.206. The second kappa shape index (κ2) is 9.80. The summed E-state index contributed by atoms with van der Waals surface area (Å²) in [7, 11) is 3.76. The summed E-state index contributed by atoms with van der Waals surface area (Å²) < 4.78 is 0. The standard InChI is InChI=1S/C25H28N4O2/c1-17-10-8-9-13-22(17)28-25(31)27-20-14-15-23(29(3)4)21(16-20)24(30)26-18(2)19-11-6-5-7-12-19/h5-16,18H,1-4H3,(H,26,30)(H2,27,28,31). The van der Waals surface area contributed by atoms with Gasteiger partial charge in [-0.05, 0) is 49.2 Å². The highest BCUT2D eigenvalue weighted by Crippen LogP contribution is 2.24. The number of anilines is 3. The fourth-order valence-electron chi connectivity index (χ4n) is 3.28. The first-order valence-electron chi connectivity index (χ1n) is 10.2. The van der Waals surface area contributed by atoms with Crippen LogP contribution >= 0.6 is 0 Å². The van der Waals surface area contributed by atoms with Gasteiger partial charge in [-0.3, -0.25) is 4.79 Å². The highest BCUT2D eigenvalue weighted by atomic mass is 16.2. The first-order chi connectivity index (χ1) is 14.8. The predicted octanol–water partition coefficient (Wildman–Crippen LogP) is 5.20. The van der Waals surface area contributed by atoms with E-state index < -0.39 is 0 Å². The zero-order valence-corrected chi connectivity index (χ0v) is 18.3. The molecule has 31 heavy (non-hydrogen) atoms. The minimum atomic E-state index is -0.365. The van der Waals surface area contributed by atoms with Gasteiger partial charge in [-0.25, -0.2) is 4.79 Å². The van der Waals surface area contributed by atoms with Crippen molar-refractivity contribution in [2.24, 2.45) is 0 Å². The van der Waals surface area contributed by atoms with Crippen molar-refractivity contribution < 1.29 is 9.59 Å². The van der Waals surface area contributed by atoms with Gasteiger partial charge in [0, 0.05) is 31.2 Å². The molecule has 0 fully saturated rings. The van der Waals surface area contributed by atoms with Gasteiger partial charge in [-0.1, -0.05) is 48.5 Å². The van der Waals surface area contributed by atoms with Gasteiger partial charge >= 0.3 is 6.03 Å². The molecule has 6 heteroatoms. The molecule has 0 saturated carbocycles. The van der Waals surface area contributed by atoms with Gasteiger partial charge < -0.3 is 20.9 Å². The van der Waals surface area contributed by atoms with Crippen LogP contribution in [0.3, 0.4) is 0 Å². The number of carbonyl (C=O) groups excluding carboxylic acids is 2. The second-order valence-electron chi connectivity index (χ2n) is 7.63. The third kappa shape index (κ3) is 5.63. The lowest BCUT2D eigenvalue weighted by molar-refractivity contribution is 0.0940. The lowest BCUT2D eigenvalue weighted by Crippen LogP contribution is -2.28. The normalized spacial score (nSPS) is 11.4. The molecule has 3 amide bonds. The first kappa shape index (κ1) is 21.9. The Morgan fingerprint density at radius 1 is 0.871 bits per heavy atom. The molecule has 0 aliphatic heterocycles. The van der Waals surface area contributed by atoms with Crippen LogP contribution in [0.2, 0.25) is 0 Å². The number of hydrogen-bond acceptors (Lipinski definition) is 3. The minimum Gasteiger partial charge on any atom is -0.377 e. The highest BCUT2D eigenvalue weighted by Gasteiger charge is 2.17. The van der Waals surface area contributed by atoms with Gasteiger partial charge in [0.2, 0.25) is 0 Å². The number of aryl methyl sites for hydroxylation is 1. The van der Waals surface area contributed by atoms with Crippen LogP contribution in [0.4, 0.5) is 21.9 Å². The van der Waals surface area contributed by atoms with E-state index in [0.717, 1.165) is 22.5 Å². The highest BCUT2D eigenvalue weighted by molar-refractivity contribution is 6.04. The van der Waals surface area contributed by atoms with Crippen LogP contribution in [-0.2, 0) is 0 Å². The van der Waals surface area contributed by atoms with Crippen molar-refractivity contribution in [3.63, 3.8) is 0 Å². The Morgan fingerprint density at radius 2 is 1.55 bits per heavy atom. The fourth-order valence-corrected chi connectivity index (χ4v) is 3.28. The Morgan fingerprint density at radius 3 is 2.23 bits per heavy atom. The zero-order valence-electron chi connectivity index (χ0n) is 18.3. The predicted molar refractivity (Wildman–Crippen MR) is 127 cm³/mol. The van der Waals surface area contributed by atoms with Crippen molar-refractivity contribution in [2.45, 2.75) is 19.9 Å². The molecule has 0 aliphatic carbocycles. The average molecular weight is 417 g/mol. The molecule has 3 aromatic rings. The number of benzene rings is 3. The van der Waals surface area contributed by atoms with Crippen LogP contribution in [0.1, 0.15) is 34.5 Å². The number of urea groups is 1. The van der Waals surface area contributed by atoms with Gasteiger partial charge in [0.25, 0.3) is 5.91 Å². The number of nitrogens with zero attached hydrogens (tertiary/aromatic N) is 1. The average Bonchev–Trinajstić information content (AvgIpc) is 2.75. The quantitative estimate of drug-likeness (QED) is 0.517. The third-order valence-electron chi connectivity index (χ3n) is 5.02. The van der Waals surface area contributed by atoms with Crippen LogP contribution in [0.15, 0.2) is 72.8 Å². The summed E-state index contributed by atoms with van der Waals surface area (Å²) in [5.41, 5.74) is 4.52. The van der Waals surface area contributed by atoms with Crippen molar-refractivity contribution in [3.8, 4) is 0 Å². The molecular weight excluding hydrogens is 388 g/mol. The fraction of sp³-hybridized carbons (Fsp3) is 0.200. The van der Waals surface area contributed by atoms with Crippen molar-refractivity contribution >= 4 is 29.0 Å². The Hall–Kier alpha value is -3.80. The van der Waals surface area contributed by atoms with Crippen LogP contribution < -0.4 is 20.9 Å². The molecule has 3 N–H and O–H groups in total. The number of para-hydroxylation sites is 1. The molecule has 0 heterocycles. The third-order valence-corrected chi connectivity index (χ3v) is 5.02. The molecule has 0 radical (unpaired) electrons. The van der Waals surface area contributed by atoms with E-state index in [4.69, 9.17) is 0 Å². The summed E-state index contributed by atoms with van der Waals surface area (Å²) in [4.78, 5) is 27.4. The summed E-state index contributed by atoms with van der Waals surface area (Å²) in [6.07, 6.45) is 0. The molecule has 3 aromatic carbocycles. The molecular formula is C25H28N4O2. The number of carbonyl (C=O) groups is 2. The second-order valence-corrected chi connectivity index (χ2v) is 7.63. The molecule has 0 aromatic heterocycles. The molecule has 1 atom stereocenters. The summed E-state index contributed by atoms with van der Waals surface area (Å²) in [5, 5.41) is 8.69. The lowest BCUT2D eigenvalue weighted by atomic mass is 10.1. The smallest absolute Gasteiger partial charge is 0.323 e. The van der Waals surface area contributed by atoms with E-state index in [0.29, 0.717) is 11.3 Å². The van der Waals surface area contributed by atoms with Crippen LogP contribution in [-0.4, -0.2) is 26.0 Å². The van der Waals surface area contributed by atoms with Crippen molar-refractivity contribution in [3.05, 3.63) is 89.5 Å². The summed E-state index contributed by atoms with van der Waals surface area (Å²) in [6.45, 7) is 3.87. The largest absolute Gasteiger partial charge is 0.377 e. The Kier molecular flexibility index (Phi) is 6.92. The topological polar surface area (TPSA) is 73.5 Å². The molecule has 160 valence electrons. The van der Waals surface area contributed by atoms with Crippen molar-refractivity contribution in [1.82, 2.24) is 5.32 Å². The van der Waals surface area contributed by atoms with E-state index in [2.05, 4.69) is 16.0 Å². The van der Waals surface area contributed by atoms with Crippen LogP contribution in [0, 0.1) is 6.92 Å². The number of hydrogen-bond donors (Lipinski definition) is 3. The molecule has 0 bridgehead atoms. The summed E-state index contributed by atoms with van der Waals surface area (Å²) >= 11 is 0. The Labute approximate surface area is 183 Å². The maximum absolute atomic E-state index is 13.1. The van der Waals surface area contributed by atoms with E-state index >= 15 is 0 Å². The summed E-state index contributed by atoms with van der Waals surface area (Å²) in [6, 6.07) is 22.1. The van der Waals surface area contributed by atoms with E-state index in [1.165, 1.54) is 0 Å². The molecule has 6 nitrogen and oxygen atoms in total. The van der Waals surface area contributed by atoms with Gasteiger partial charge in [0.05, 0.1) is 11.6 Å². The SMILES string of the molecule is Cc1ccccc1NC(=O)Nc1ccc(N(C)C)c(C(=O)NC(C)c2ccccc2)c1. The van der Waals surface area contributed by atoms with Gasteiger partial charge in [0.15, 0.2) is 0 Å². The Bertz CT molecular complexity index is 1060. The number of amides is 3. The zero-order chi connectivity index (χ0) is 22.4. The van der Waals surface area contributed by atoms with Gasteiger partial charge in [0.1, 0.15) is 0 Å². The Balaban J connectivity index is 1.78. The van der Waals surface area contributed by atoms with E-state index in [9.17, 15) is 9.59 Å². The molecule has 0 spiro atoms. The van der Waals surface area contributed by atoms with Gasteiger partial charge in [-0.15, -0.1) is 0 Å². The molecule has 0 aliphatic rings.